The molecule has 3 heterocycles. The fourth-order valence-corrected chi connectivity index (χ4v) is 4.70. The highest BCUT2D eigenvalue weighted by Crippen LogP contribution is 2.37. The van der Waals surface area contributed by atoms with E-state index in [0.717, 1.165) is 27.1 Å². The number of fused-ring (bicyclic) bond motifs is 2. The van der Waals surface area contributed by atoms with Crippen LogP contribution in [0.1, 0.15) is 29.2 Å². The Balaban J connectivity index is 0.00000245. The van der Waals surface area contributed by atoms with Crippen molar-refractivity contribution in [3.05, 3.63) is 77.9 Å². The van der Waals surface area contributed by atoms with Crippen molar-refractivity contribution in [3.63, 3.8) is 0 Å². The number of hydrogen-bond acceptors (Lipinski definition) is 6. The molecular weight excluding hydrogens is 426 g/mol. The SMILES string of the molecule is C.CN1C(=O)[C@@H](NC(=O)c2cc(Cc3ccccc3)on2)CSc2cc3occc3cc21. The first-order valence-corrected chi connectivity index (χ1v) is 10.8. The number of carbonyl (C=O) groups is 2. The minimum absolute atomic E-state index is 0. The predicted molar refractivity (Wildman–Crippen MR) is 124 cm³/mol. The van der Waals surface area contributed by atoms with Gasteiger partial charge in [0.25, 0.3) is 5.91 Å². The molecule has 0 aliphatic carbocycles. The van der Waals surface area contributed by atoms with E-state index in [1.54, 1.807) is 24.3 Å². The van der Waals surface area contributed by atoms with Crippen molar-refractivity contribution in [1.29, 1.82) is 0 Å². The lowest BCUT2D eigenvalue weighted by molar-refractivity contribution is -0.119. The summed E-state index contributed by atoms with van der Waals surface area (Å²) in [7, 11) is 1.71. The number of benzene rings is 2. The average Bonchev–Trinajstić information content (AvgIpc) is 3.42. The summed E-state index contributed by atoms with van der Waals surface area (Å²) < 4.78 is 10.8. The fourth-order valence-electron chi connectivity index (χ4n) is 3.59. The molecule has 1 N–H and O–H groups in total. The third kappa shape index (κ3) is 4.13. The number of anilines is 1. The van der Waals surface area contributed by atoms with Crippen LogP contribution in [-0.4, -0.2) is 35.8 Å². The van der Waals surface area contributed by atoms with E-state index < -0.39 is 11.9 Å². The lowest BCUT2D eigenvalue weighted by Crippen LogP contribution is -2.48. The number of amides is 2. The Bertz CT molecular complexity index is 1260. The Morgan fingerprint density at radius 1 is 1.22 bits per heavy atom. The molecule has 0 fully saturated rings. The summed E-state index contributed by atoms with van der Waals surface area (Å²) in [4.78, 5) is 28.3. The number of carbonyl (C=O) groups excluding carboxylic acids is 2. The number of furan rings is 1. The van der Waals surface area contributed by atoms with E-state index in [2.05, 4.69) is 10.5 Å². The van der Waals surface area contributed by atoms with Gasteiger partial charge in [0.2, 0.25) is 5.91 Å². The Morgan fingerprint density at radius 2 is 2.03 bits per heavy atom. The minimum Gasteiger partial charge on any atom is -0.464 e. The Morgan fingerprint density at radius 3 is 2.84 bits per heavy atom. The zero-order valence-corrected chi connectivity index (χ0v) is 17.5. The minimum atomic E-state index is -0.685. The molecule has 2 aromatic carbocycles. The first-order chi connectivity index (χ1) is 15.1. The molecule has 0 spiro atoms. The van der Waals surface area contributed by atoms with Crippen LogP contribution >= 0.6 is 11.8 Å². The number of nitrogens with one attached hydrogen (secondary N) is 1. The molecule has 1 atom stereocenters. The van der Waals surface area contributed by atoms with Crippen LogP contribution in [0.5, 0.6) is 0 Å². The summed E-state index contributed by atoms with van der Waals surface area (Å²) >= 11 is 1.51. The van der Waals surface area contributed by atoms with Gasteiger partial charge in [-0.1, -0.05) is 42.9 Å². The van der Waals surface area contributed by atoms with Gasteiger partial charge in [0, 0.05) is 35.6 Å². The highest BCUT2D eigenvalue weighted by atomic mass is 32.2. The third-order valence-electron chi connectivity index (χ3n) is 5.25. The molecule has 2 amide bonds. The molecule has 0 bridgehead atoms. The van der Waals surface area contributed by atoms with E-state index in [1.165, 1.54) is 11.8 Å². The largest absolute Gasteiger partial charge is 0.464 e. The van der Waals surface area contributed by atoms with Crippen molar-refractivity contribution in [2.45, 2.75) is 24.8 Å². The molecule has 1 aliphatic heterocycles. The van der Waals surface area contributed by atoms with Crippen LogP contribution in [0.15, 0.2) is 74.7 Å². The predicted octanol–water partition coefficient (Wildman–Crippen LogP) is 4.51. The Labute approximate surface area is 189 Å². The van der Waals surface area contributed by atoms with Gasteiger partial charge in [-0.2, -0.15) is 0 Å². The van der Waals surface area contributed by atoms with E-state index in [-0.39, 0.29) is 19.0 Å². The van der Waals surface area contributed by atoms with E-state index in [9.17, 15) is 9.59 Å². The van der Waals surface area contributed by atoms with Crippen LogP contribution in [0, 0.1) is 0 Å². The number of hydrogen-bond donors (Lipinski definition) is 1. The van der Waals surface area contributed by atoms with Crippen molar-refractivity contribution >= 4 is 40.2 Å². The lowest BCUT2D eigenvalue weighted by Gasteiger charge is -2.21. The van der Waals surface area contributed by atoms with Crippen molar-refractivity contribution < 1.29 is 18.5 Å². The monoisotopic (exact) mass is 449 g/mol. The van der Waals surface area contributed by atoms with Gasteiger partial charge in [-0.3, -0.25) is 9.59 Å². The maximum Gasteiger partial charge on any atom is 0.274 e. The molecule has 0 radical (unpaired) electrons. The summed E-state index contributed by atoms with van der Waals surface area (Å²) in [6.07, 6.45) is 2.17. The number of nitrogens with zero attached hydrogens (tertiary/aromatic N) is 2. The molecule has 7 nitrogen and oxygen atoms in total. The van der Waals surface area contributed by atoms with Crippen LogP contribution < -0.4 is 10.2 Å². The number of thioether (sulfide) groups is 1. The Hall–Kier alpha value is -3.52. The zero-order chi connectivity index (χ0) is 21.4. The molecule has 0 saturated heterocycles. The van der Waals surface area contributed by atoms with E-state index in [4.69, 9.17) is 8.94 Å². The van der Waals surface area contributed by atoms with Crippen LogP contribution in [0.25, 0.3) is 11.0 Å². The summed E-state index contributed by atoms with van der Waals surface area (Å²) in [6.45, 7) is 0. The molecule has 8 heteroatoms. The third-order valence-corrected chi connectivity index (χ3v) is 6.39. The summed E-state index contributed by atoms with van der Waals surface area (Å²) in [5.41, 5.74) is 2.78. The van der Waals surface area contributed by atoms with Crippen LogP contribution in [-0.2, 0) is 11.2 Å². The highest BCUT2D eigenvalue weighted by Gasteiger charge is 2.31. The van der Waals surface area contributed by atoms with Gasteiger partial charge in [0.15, 0.2) is 5.69 Å². The average molecular weight is 450 g/mol. The van der Waals surface area contributed by atoms with Gasteiger partial charge < -0.3 is 19.2 Å². The molecule has 1 aliphatic rings. The zero-order valence-electron chi connectivity index (χ0n) is 16.7. The number of aromatic nitrogens is 1. The molecule has 164 valence electrons. The fraction of sp³-hybridized carbons (Fsp3) is 0.208. The van der Waals surface area contributed by atoms with Gasteiger partial charge in [0.1, 0.15) is 17.4 Å². The summed E-state index contributed by atoms with van der Waals surface area (Å²) in [5, 5.41) is 7.62. The Kier molecular flexibility index (Phi) is 6.05. The van der Waals surface area contributed by atoms with Gasteiger partial charge in [-0.15, -0.1) is 11.8 Å². The van der Waals surface area contributed by atoms with E-state index in [0.29, 0.717) is 17.9 Å². The second-order valence-corrected chi connectivity index (χ2v) is 8.42. The van der Waals surface area contributed by atoms with Crippen LogP contribution in [0.4, 0.5) is 5.69 Å². The normalized spacial score (nSPS) is 15.7. The second-order valence-electron chi connectivity index (χ2n) is 7.35. The lowest BCUT2D eigenvalue weighted by atomic mass is 10.1. The van der Waals surface area contributed by atoms with Gasteiger partial charge in [-0.05, 0) is 23.8 Å². The van der Waals surface area contributed by atoms with Crippen molar-refractivity contribution in [1.82, 2.24) is 10.5 Å². The van der Waals surface area contributed by atoms with Gasteiger partial charge >= 0.3 is 0 Å². The number of likely N-dealkylation sites (N-methyl/N-ethyl adjacent to an activating group) is 1. The van der Waals surface area contributed by atoms with Crippen LogP contribution in [0.3, 0.4) is 0 Å². The van der Waals surface area contributed by atoms with Crippen molar-refractivity contribution in [2.75, 3.05) is 17.7 Å². The second kappa shape index (κ2) is 8.92. The van der Waals surface area contributed by atoms with E-state index in [1.807, 2.05) is 48.5 Å². The summed E-state index contributed by atoms with van der Waals surface area (Å²) in [6, 6.07) is 16.4. The molecule has 0 unspecified atom stereocenters. The quantitative estimate of drug-likeness (QED) is 0.493. The van der Waals surface area contributed by atoms with Crippen LogP contribution in [0.2, 0.25) is 0 Å². The topological polar surface area (TPSA) is 88.6 Å². The highest BCUT2D eigenvalue weighted by molar-refractivity contribution is 7.99. The molecule has 32 heavy (non-hydrogen) atoms. The maximum absolute atomic E-state index is 13.0. The molecule has 5 rings (SSSR count). The van der Waals surface area contributed by atoms with Crippen molar-refractivity contribution in [3.8, 4) is 0 Å². The van der Waals surface area contributed by atoms with E-state index >= 15 is 0 Å². The molecule has 4 aromatic rings. The number of rotatable bonds is 4. The molecule has 2 aromatic heterocycles. The summed E-state index contributed by atoms with van der Waals surface area (Å²) in [5.74, 6) is 0.374. The molecular formula is C24H23N3O4S. The smallest absolute Gasteiger partial charge is 0.274 e. The molecule has 0 saturated carbocycles. The first kappa shape index (κ1) is 21.7. The first-order valence-electron chi connectivity index (χ1n) is 9.80. The van der Waals surface area contributed by atoms with Gasteiger partial charge in [0.05, 0.1) is 12.0 Å². The standard InChI is InChI=1S/C23H19N3O4S.CH4/c1-26-19-10-15-7-8-29-20(15)12-21(19)31-13-18(23(26)28)24-22(27)17-11-16(30-25-17)9-14-5-3-2-4-6-14;/h2-8,10-12,18H,9,13H2,1H3,(H,24,27);1H4/t18-;/m0./s1. The van der Waals surface area contributed by atoms with Crippen molar-refractivity contribution in [2.24, 2.45) is 0 Å². The van der Waals surface area contributed by atoms with Gasteiger partial charge in [-0.25, -0.2) is 0 Å². The maximum atomic E-state index is 13.0.